The molecule has 0 radical (unpaired) electrons. The normalized spacial score (nSPS) is 18.0. The molecular formula is C26H29ClN2O. The highest BCUT2D eigenvalue weighted by molar-refractivity contribution is 5.85. The first kappa shape index (κ1) is 20.8. The van der Waals surface area contributed by atoms with Crippen molar-refractivity contribution in [2.24, 2.45) is 0 Å². The average molecular weight is 421 g/mol. The van der Waals surface area contributed by atoms with E-state index < -0.39 is 0 Å². The van der Waals surface area contributed by atoms with E-state index in [2.05, 4.69) is 88.7 Å². The number of fused-ring (bicyclic) bond motifs is 2. The van der Waals surface area contributed by atoms with Gasteiger partial charge in [-0.1, -0.05) is 60.7 Å². The van der Waals surface area contributed by atoms with Gasteiger partial charge in [0.15, 0.2) is 0 Å². The van der Waals surface area contributed by atoms with E-state index in [4.69, 9.17) is 4.74 Å². The van der Waals surface area contributed by atoms with Crippen LogP contribution in [0, 0.1) is 0 Å². The molecule has 156 valence electrons. The monoisotopic (exact) mass is 420 g/mol. The second-order valence-corrected chi connectivity index (χ2v) is 8.06. The molecule has 0 bridgehead atoms. The molecule has 0 N–H and O–H groups in total. The zero-order valence-corrected chi connectivity index (χ0v) is 18.1. The van der Waals surface area contributed by atoms with Gasteiger partial charge in [-0.05, 0) is 49.6 Å². The van der Waals surface area contributed by atoms with Gasteiger partial charge in [-0.3, -0.25) is 4.90 Å². The van der Waals surface area contributed by atoms with Gasteiger partial charge in [0, 0.05) is 30.4 Å². The lowest BCUT2D eigenvalue weighted by atomic mass is 10.1. The summed E-state index contributed by atoms with van der Waals surface area (Å²) in [5.41, 5.74) is 5.16. The Labute approximate surface area is 185 Å². The van der Waals surface area contributed by atoms with Gasteiger partial charge in [0.2, 0.25) is 0 Å². The van der Waals surface area contributed by atoms with Crippen LogP contribution < -0.4 is 9.64 Å². The van der Waals surface area contributed by atoms with Crippen LogP contribution in [0.15, 0.2) is 78.9 Å². The summed E-state index contributed by atoms with van der Waals surface area (Å²) in [7, 11) is 0. The fraction of sp³-hybridized carbons (Fsp3) is 0.308. The summed E-state index contributed by atoms with van der Waals surface area (Å²) >= 11 is 0. The molecule has 0 aliphatic carbocycles. The number of nitrogens with zero attached hydrogens (tertiary/aromatic N) is 2. The predicted molar refractivity (Wildman–Crippen MR) is 126 cm³/mol. The van der Waals surface area contributed by atoms with Crippen LogP contribution in [0.1, 0.15) is 24.0 Å². The minimum absolute atomic E-state index is 0. The van der Waals surface area contributed by atoms with Crippen molar-refractivity contribution in [3.63, 3.8) is 0 Å². The molecule has 1 unspecified atom stereocenters. The van der Waals surface area contributed by atoms with Crippen LogP contribution in [0.25, 0.3) is 0 Å². The van der Waals surface area contributed by atoms with E-state index in [1.807, 2.05) is 0 Å². The first-order chi connectivity index (χ1) is 14.4. The lowest BCUT2D eigenvalue weighted by Crippen LogP contribution is -2.39. The van der Waals surface area contributed by atoms with Crippen molar-refractivity contribution in [1.29, 1.82) is 0 Å². The van der Waals surface area contributed by atoms with Gasteiger partial charge in [-0.15, -0.1) is 12.4 Å². The Morgan fingerprint density at radius 2 is 1.57 bits per heavy atom. The Balaban J connectivity index is 0.00000218. The van der Waals surface area contributed by atoms with E-state index in [0.717, 1.165) is 25.3 Å². The third kappa shape index (κ3) is 4.33. The van der Waals surface area contributed by atoms with Crippen molar-refractivity contribution in [2.75, 3.05) is 24.5 Å². The van der Waals surface area contributed by atoms with E-state index >= 15 is 0 Å². The minimum atomic E-state index is 0. The molecule has 0 amide bonds. The molecule has 1 atom stereocenters. The van der Waals surface area contributed by atoms with E-state index in [9.17, 15) is 0 Å². The highest BCUT2D eigenvalue weighted by Crippen LogP contribution is 2.40. The molecule has 5 rings (SSSR count). The van der Waals surface area contributed by atoms with Crippen LogP contribution >= 0.6 is 12.4 Å². The Kier molecular flexibility index (Phi) is 6.61. The molecule has 0 spiro atoms. The van der Waals surface area contributed by atoms with Crippen LogP contribution in [-0.4, -0.2) is 30.6 Å². The van der Waals surface area contributed by atoms with Crippen molar-refractivity contribution in [3.8, 4) is 5.75 Å². The fourth-order valence-electron chi connectivity index (χ4n) is 4.70. The fourth-order valence-corrected chi connectivity index (χ4v) is 4.70. The van der Waals surface area contributed by atoms with E-state index in [1.165, 1.54) is 41.9 Å². The van der Waals surface area contributed by atoms with Gasteiger partial charge in [-0.25, -0.2) is 0 Å². The van der Waals surface area contributed by atoms with E-state index in [1.54, 1.807) is 0 Å². The van der Waals surface area contributed by atoms with E-state index in [-0.39, 0.29) is 12.4 Å². The lowest BCUT2D eigenvalue weighted by molar-refractivity contribution is 0.261. The van der Waals surface area contributed by atoms with Gasteiger partial charge >= 0.3 is 0 Å². The number of ether oxygens (including phenoxy) is 1. The lowest BCUT2D eigenvalue weighted by Gasteiger charge is -2.32. The molecule has 30 heavy (non-hydrogen) atoms. The van der Waals surface area contributed by atoms with Crippen molar-refractivity contribution in [3.05, 3.63) is 90.0 Å². The topological polar surface area (TPSA) is 15.7 Å². The Hall–Kier alpha value is -2.49. The molecule has 2 aliphatic heterocycles. The van der Waals surface area contributed by atoms with Crippen molar-refractivity contribution >= 4 is 23.8 Å². The summed E-state index contributed by atoms with van der Waals surface area (Å²) < 4.78 is 6.15. The third-order valence-corrected chi connectivity index (χ3v) is 6.24. The molecular weight excluding hydrogens is 392 g/mol. The highest BCUT2D eigenvalue weighted by Gasteiger charge is 2.29. The van der Waals surface area contributed by atoms with Crippen molar-refractivity contribution < 1.29 is 4.74 Å². The average Bonchev–Trinajstić information content (AvgIpc) is 3.16. The molecule has 4 heteroatoms. The van der Waals surface area contributed by atoms with Gasteiger partial charge in [0.05, 0.1) is 5.69 Å². The summed E-state index contributed by atoms with van der Waals surface area (Å²) in [6.07, 6.45) is 3.66. The molecule has 3 aromatic rings. The van der Waals surface area contributed by atoms with Crippen LogP contribution in [-0.2, 0) is 13.0 Å². The largest absolute Gasteiger partial charge is 0.487 e. The standard InChI is InChI=1S/C26H28N2O.ClH/c1-2-9-21(10-3-1)16-18-27-17-8-12-23(27)19-28-24-13-5-4-11-22(24)20-29-26-15-7-6-14-25(26)28;/h1-7,9-11,13-15,23H,8,12,16-20H2;1H. The Morgan fingerprint density at radius 1 is 0.833 bits per heavy atom. The van der Waals surface area contributed by atoms with Gasteiger partial charge < -0.3 is 9.64 Å². The minimum Gasteiger partial charge on any atom is -0.487 e. The molecule has 1 saturated heterocycles. The number of likely N-dealkylation sites (tertiary alicyclic amines) is 1. The molecule has 0 aromatic heterocycles. The highest BCUT2D eigenvalue weighted by atomic mass is 35.5. The molecule has 2 heterocycles. The zero-order valence-electron chi connectivity index (χ0n) is 17.2. The number of rotatable bonds is 5. The van der Waals surface area contributed by atoms with Gasteiger partial charge in [0.25, 0.3) is 0 Å². The van der Waals surface area contributed by atoms with Crippen molar-refractivity contribution in [2.45, 2.75) is 31.9 Å². The van der Waals surface area contributed by atoms with Gasteiger partial charge in [0.1, 0.15) is 12.4 Å². The maximum Gasteiger partial charge on any atom is 0.143 e. The quantitative estimate of drug-likeness (QED) is 0.515. The summed E-state index contributed by atoms with van der Waals surface area (Å²) in [6.45, 7) is 3.96. The van der Waals surface area contributed by atoms with Crippen LogP contribution in [0.4, 0.5) is 11.4 Å². The zero-order chi connectivity index (χ0) is 19.5. The maximum atomic E-state index is 6.15. The number of hydrogen-bond acceptors (Lipinski definition) is 3. The first-order valence-corrected chi connectivity index (χ1v) is 10.7. The predicted octanol–water partition coefficient (Wildman–Crippen LogP) is 5.85. The number of hydrogen-bond donors (Lipinski definition) is 0. The Bertz CT molecular complexity index is 915. The molecule has 2 aliphatic rings. The second kappa shape index (κ2) is 9.55. The Morgan fingerprint density at radius 3 is 2.43 bits per heavy atom. The summed E-state index contributed by atoms with van der Waals surface area (Å²) in [4.78, 5) is 5.17. The summed E-state index contributed by atoms with van der Waals surface area (Å²) in [6, 6.07) is 28.6. The smallest absolute Gasteiger partial charge is 0.143 e. The second-order valence-electron chi connectivity index (χ2n) is 8.06. The molecule has 0 saturated carbocycles. The van der Waals surface area contributed by atoms with Crippen LogP contribution in [0.2, 0.25) is 0 Å². The molecule has 3 nitrogen and oxygen atoms in total. The molecule has 3 aromatic carbocycles. The molecule has 1 fully saturated rings. The number of anilines is 2. The maximum absolute atomic E-state index is 6.15. The van der Waals surface area contributed by atoms with Crippen LogP contribution in [0.5, 0.6) is 5.75 Å². The number of para-hydroxylation sites is 3. The van der Waals surface area contributed by atoms with Gasteiger partial charge in [-0.2, -0.15) is 0 Å². The first-order valence-electron chi connectivity index (χ1n) is 10.7. The number of halogens is 1. The number of benzene rings is 3. The van der Waals surface area contributed by atoms with E-state index in [0.29, 0.717) is 12.6 Å². The van der Waals surface area contributed by atoms with Crippen molar-refractivity contribution in [1.82, 2.24) is 4.90 Å². The third-order valence-electron chi connectivity index (χ3n) is 6.24. The summed E-state index contributed by atoms with van der Waals surface area (Å²) in [5.74, 6) is 0.984. The van der Waals surface area contributed by atoms with Crippen LogP contribution in [0.3, 0.4) is 0 Å². The summed E-state index contributed by atoms with van der Waals surface area (Å²) in [5, 5.41) is 0. The SMILES string of the molecule is Cl.c1ccc(CCN2CCCC2CN2c3ccccc3COc3ccccc32)cc1.